The summed E-state index contributed by atoms with van der Waals surface area (Å²) >= 11 is 0. The molecule has 0 aromatic heterocycles. The number of carbonyl (C=O) groups is 3. The number of Topliss-reactive ketones (excluding diaryl/α,β-unsaturated/α-hetero) is 1. The number of likely N-dealkylation sites (tertiary alicyclic amines) is 1. The Kier molecular flexibility index (Phi) is 6.43. The molecule has 4 atom stereocenters. The molecule has 0 radical (unpaired) electrons. The van der Waals surface area contributed by atoms with E-state index in [1.165, 1.54) is 0 Å². The van der Waals surface area contributed by atoms with Crippen LogP contribution in [0.25, 0.3) is 0 Å². The number of rotatable bonds is 7. The van der Waals surface area contributed by atoms with Gasteiger partial charge in [0.15, 0.2) is 5.78 Å². The summed E-state index contributed by atoms with van der Waals surface area (Å²) in [6.45, 7) is 5.14. The fourth-order valence-electron chi connectivity index (χ4n) is 8.42. The second kappa shape index (κ2) is 9.50. The fourth-order valence-corrected chi connectivity index (χ4v) is 8.42. The lowest BCUT2D eigenvalue weighted by molar-refractivity contribution is -0.179. The van der Waals surface area contributed by atoms with Crippen LogP contribution in [-0.4, -0.2) is 41.6 Å². The summed E-state index contributed by atoms with van der Waals surface area (Å²) in [6.07, 6.45) is 10.3. The zero-order chi connectivity index (χ0) is 25.9. The summed E-state index contributed by atoms with van der Waals surface area (Å²) in [5.74, 6) is 0.674. The average Bonchev–Trinajstić information content (AvgIpc) is 3.08. The molecule has 200 valence electrons. The van der Waals surface area contributed by atoms with E-state index >= 15 is 4.39 Å². The molecule has 5 aliphatic carbocycles. The van der Waals surface area contributed by atoms with Gasteiger partial charge in [0.25, 0.3) is 5.91 Å². The summed E-state index contributed by atoms with van der Waals surface area (Å²) in [6, 6.07) is 4.61. The number of nitrogens with zero attached hydrogens (tertiary/aromatic N) is 1. The minimum Gasteiger partial charge on any atom is -0.342 e. The topological polar surface area (TPSA) is 66.5 Å². The first-order chi connectivity index (χ1) is 17.8. The minimum atomic E-state index is -0.557. The Balaban J connectivity index is 1.19. The first kappa shape index (κ1) is 25.1. The van der Waals surface area contributed by atoms with Crippen LogP contribution in [0.1, 0.15) is 99.9 Å². The Bertz CT molecular complexity index is 1060. The highest BCUT2D eigenvalue weighted by Crippen LogP contribution is 2.65. The third kappa shape index (κ3) is 4.23. The summed E-state index contributed by atoms with van der Waals surface area (Å²) < 4.78 is 16.0. The van der Waals surface area contributed by atoms with Crippen molar-refractivity contribution in [2.24, 2.45) is 35.0 Å². The largest absolute Gasteiger partial charge is 0.342 e. The van der Waals surface area contributed by atoms with Crippen molar-refractivity contribution in [3.63, 3.8) is 0 Å². The summed E-state index contributed by atoms with van der Waals surface area (Å²) in [7, 11) is 0. The zero-order valence-corrected chi connectivity index (χ0v) is 22.3. The lowest BCUT2D eigenvalue weighted by Gasteiger charge is -2.61. The van der Waals surface area contributed by atoms with Gasteiger partial charge in [-0.05, 0) is 86.2 Å². The number of carbonyl (C=O) groups excluding carboxylic acids is 3. The lowest BCUT2D eigenvalue weighted by Crippen LogP contribution is -2.62. The Hall–Kier alpha value is -2.24. The molecule has 4 bridgehead atoms. The molecule has 0 spiro atoms. The van der Waals surface area contributed by atoms with Gasteiger partial charge in [-0.2, -0.15) is 0 Å². The second-order valence-corrected chi connectivity index (χ2v) is 13.2. The van der Waals surface area contributed by atoms with Crippen LogP contribution in [0, 0.1) is 40.8 Å². The lowest BCUT2D eigenvalue weighted by atomic mass is 9.44. The van der Waals surface area contributed by atoms with Crippen LogP contribution in [0.2, 0.25) is 0 Å². The number of halogens is 1. The summed E-state index contributed by atoms with van der Waals surface area (Å²) in [4.78, 5) is 41.7. The molecule has 1 saturated heterocycles. The predicted octanol–water partition coefficient (Wildman–Crippen LogP) is 5.48. The summed E-state index contributed by atoms with van der Waals surface area (Å²) in [5, 5.41) is 2.97. The van der Waals surface area contributed by atoms with Gasteiger partial charge in [-0.15, -0.1) is 0 Å². The number of hydrogen-bond acceptors (Lipinski definition) is 3. The van der Waals surface area contributed by atoms with Crippen molar-refractivity contribution < 1.29 is 18.8 Å². The van der Waals surface area contributed by atoms with Crippen LogP contribution in [-0.2, 0) is 9.59 Å². The van der Waals surface area contributed by atoms with Crippen LogP contribution < -0.4 is 5.32 Å². The van der Waals surface area contributed by atoms with Crippen molar-refractivity contribution in [2.75, 3.05) is 13.1 Å². The number of nitrogens with one attached hydrogen (secondary N) is 1. The maximum Gasteiger partial charge on any atom is 0.254 e. The van der Waals surface area contributed by atoms with Crippen LogP contribution in [0.4, 0.5) is 4.39 Å². The van der Waals surface area contributed by atoms with E-state index in [-0.39, 0.29) is 46.4 Å². The molecule has 6 aliphatic rings. The Morgan fingerprint density at radius 3 is 2.19 bits per heavy atom. The van der Waals surface area contributed by atoms with E-state index in [9.17, 15) is 14.4 Å². The molecule has 7 rings (SSSR count). The van der Waals surface area contributed by atoms with Gasteiger partial charge in [0.05, 0.1) is 17.0 Å². The SMILES string of the molecule is CC(C)C(=O)[C@H](NC(=O)c1cccc(C2C3CC[C@H]2CN(C(=O)C24CC(C2)C4)C3)c1F)C1CCCCC1. The molecular weight excluding hydrogens is 467 g/mol. The highest BCUT2D eigenvalue weighted by molar-refractivity contribution is 5.98. The van der Waals surface area contributed by atoms with Crippen molar-refractivity contribution in [3.05, 3.63) is 35.1 Å². The Morgan fingerprint density at radius 2 is 1.62 bits per heavy atom. The Morgan fingerprint density at radius 1 is 0.973 bits per heavy atom. The molecule has 1 aliphatic heterocycles. The molecule has 2 unspecified atom stereocenters. The van der Waals surface area contributed by atoms with Crippen molar-refractivity contribution in [3.8, 4) is 0 Å². The Labute approximate surface area is 219 Å². The van der Waals surface area contributed by atoms with E-state index in [0.717, 1.165) is 70.1 Å². The van der Waals surface area contributed by atoms with Gasteiger partial charge >= 0.3 is 0 Å². The predicted molar refractivity (Wildman–Crippen MR) is 139 cm³/mol. The van der Waals surface area contributed by atoms with Crippen molar-refractivity contribution >= 4 is 17.6 Å². The molecule has 6 heteroatoms. The molecule has 5 nitrogen and oxygen atoms in total. The normalized spacial score (nSPS) is 33.5. The van der Waals surface area contributed by atoms with E-state index in [1.54, 1.807) is 12.1 Å². The van der Waals surface area contributed by atoms with Gasteiger partial charge in [0.1, 0.15) is 5.82 Å². The molecule has 1 aromatic rings. The van der Waals surface area contributed by atoms with Gasteiger partial charge < -0.3 is 10.2 Å². The maximum absolute atomic E-state index is 16.0. The number of benzene rings is 1. The summed E-state index contributed by atoms with van der Waals surface area (Å²) in [5.41, 5.74) is 0.589. The molecule has 2 amide bonds. The van der Waals surface area contributed by atoms with Gasteiger partial charge in [-0.25, -0.2) is 4.39 Å². The van der Waals surface area contributed by atoms with E-state index in [4.69, 9.17) is 0 Å². The number of amides is 2. The van der Waals surface area contributed by atoms with Gasteiger partial charge in [0.2, 0.25) is 5.91 Å². The first-order valence-corrected chi connectivity index (χ1v) is 14.7. The number of piperidine rings is 1. The monoisotopic (exact) mass is 508 g/mol. The fraction of sp³-hybridized carbons (Fsp3) is 0.710. The maximum atomic E-state index is 16.0. The van der Waals surface area contributed by atoms with Crippen molar-refractivity contribution in [1.29, 1.82) is 0 Å². The highest BCUT2D eigenvalue weighted by atomic mass is 19.1. The second-order valence-electron chi connectivity index (χ2n) is 13.2. The molecule has 1 aromatic carbocycles. The van der Waals surface area contributed by atoms with Crippen LogP contribution in [0.15, 0.2) is 18.2 Å². The average molecular weight is 509 g/mol. The first-order valence-electron chi connectivity index (χ1n) is 14.7. The number of hydrogen-bond donors (Lipinski definition) is 1. The van der Waals surface area contributed by atoms with Gasteiger partial charge in [-0.1, -0.05) is 45.2 Å². The van der Waals surface area contributed by atoms with Gasteiger partial charge in [0, 0.05) is 19.0 Å². The van der Waals surface area contributed by atoms with Gasteiger partial charge in [-0.3, -0.25) is 14.4 Å². The van der Waals surface area contributed by atoms with E-state index in [1.807, 2.05) is 19.9 Å². The smallest absolute Gasteiger partial charge is 0.254 e. The molecule has 1 N–H and O–H groups in total. The van der Waals surface area contributed by atoms with Crippen molar-refractivity contribution in [2.45, 2.75) is 90.0 Å². The molecule has 6 fully saturated rings. The number of ketones is 1. The number of fused-ring (bicyclic) bond motifs is 2. The third-order valence-electron chi connectivity index (χ3n) is 10.5. The highest BCUT2D eigenvalue weighted by Gasteiger charge is 2.63. The molecule has 37 heavy (non-hydrogen) atoms. The molecule has 1 heterocycles. The van der Waals surface area contributed by atoms with E-state index in [0.29, 0.717) is 24.6 Å². The quantitative estimate of drug-likeness (QED) is 0.530. The van der Waals surface area contributed by atoms with Crippen molar-refractivity contribution in [1.82, 2.24) is 10.2 Å². The van der Waals surface area contributed by atoms with E-state index in [2.05, 4.69) is 10.2 Å². The van der Waals surface area contributed by atoms with Crippen LogP contribution in [0.5, 0.6) is 0 Å². The third-order valence-corrected chi connectivity index (χ3v) is 10.5. The zero-order valence-electron chi connectivity index (χ0n) is 22.3. The molecular formula is C31H41FN2O3. The van der Waals surface area contributed by atoms with Crippen LogP contribution >= 0.6 is 0 Å². The molecule has 5 saturated carbocycles. The van der Waals surface area contributed by atoms with E-state index < -0.39 is 17.8 Å². The minimum absolute atomic E-state index is 0.0376. The standard InChI is InChI=1S/C31H41FN2O3/c1-18(2)28(35)27(20-7-4-3-5-8-20)33-29(36)24-10-6-9-23(26(24)32)25-21-11-12-22(25)17-34(16-21)30(37)31-13-19(14-31)15-31/h6,9-10,18-22,25,27H,3-5,7-8,11-17H2,1-2H3,(H,33,36)/t19?,21-,22?,25?,27+,31?/m0/s1. The van der Waals surface area contributed by atoms with Crippen LogP contribution in [0.3, 0.4) is 0 Å².